The van der Waals surface area contributed by atoms with Crippen LogP contribution in [-0.4, -0.2) is 33.5 Å². The number of hydrogen-bond donors (Lipinski definition) is 1. The highest BCUT2D eigenvalue weighted by molar-refractivity contribution is 7.91. The van der Waals surface area contributed by atoms with Crippen LogP contribution in [0.3, 0.4) is 0 Å². The molecule has 1 fully saturated rings. The van der Waals surface area contributed by atoms with Crippen molar-refractivity contribution < 1.29 is 8.42 Å². The molecular weight excluding hydrogens is 210 g/mol. The Morgan fingerprint density at radius 3 is 2.53 bits per heavy atom. The predicted octanol–water partition coefficient (Wildman–Crippen LogP) is 1.37. The zero-order valence-electron chi connectivity index (χ0n) is 9.46. The smallest absolute Gasteiger partial charge is 0.150 e. The summed E-state index contributed by atoms with van der Waals surface area (Å²) in [4.78, 5) is 0. The van der Waals surface area contributed by atoms with Gasteiger partial charge in [-0.2, -0.15) is 0 Å². The van der Waals surface area contributed by atoms with Crippen molar-refractivity contribution in [1.82, 2.24) is 5.32 Å². The lowest BCUT2D eigenvalue weighted by molar-refractivity contribution is 0.456. The fraction of sp³-hybridized carbons (Fsp3) is 0.818. The summed E-state index contributed by atoms with van der Waals surface area (Å²) in [6.45, 7) is 5.00. The highest BCUT2D eigenvalue weighted by Crippen LogP contribution is 2.25. The van der Waals surface area contributed by atoms with Crippen molar-refractivity contribution in [2.45, 2.75) is 25.7 Å². The minimum Gasteiger partial charge on any atom is -0.319 e. The van der Waals surface area contributed by atoms with Crippen LogP contribution in [0.25, 0.3) is 0 Å². The van der Waals surface area contributed by atoms with Crippen LogP contribution in [0.1, 0.15) is 25.7 Å². The summed E-state index contributed by atoms with van der Waals surface area (Å²) in [5.41, 5.74) is 1.24. The molecule has 0 amide bonds. The quantitative estimate of drug-likeness (QED) is 0.727. The Labute approximate surface area is 92.9 Å². The first kappa shape index (κ1) is 12.7. The lowest BCUT2D eigenvalue weighted by Gasteiger charge is -2.22. The summed E-state index contributed by atoms with van der Waals surface area (Å²) in [7, 11) is -0.779. The maximum atomic E-state index is 11.2. The number of rotatable bonds is 5. The van der Waals surface area contributed by atoms with Crippen molar-refractivity contribution in [3.8, 4) is 0 Å². The van der Waals surface area contributed by atoms with Gasteiger partial charge in [0.25, 0.3) is 0 Å². The molecule has 3 nitrogen and oxygen atoms in total. The zero-order chi connectivity index (χ0) is 11.3. The Balaban J connectivity index is 2.26. The first-order valence-electron chi connectivity index (χ1n) is 5.55. The Morgan fingerprint density at radius 1 is 1.40 bits per heavy atom. The molecule has 1 saturated heterocycles. The van der Waals surface area contributed by atoms with Crippen LogP contribution in [0.5, 0.6) is 0 Å². The monoisotopic (exact) mass is 231 g/mol. The average Bonchev–Trinajstić information content (AvgIpc) is 2.18. The number of nitrogens with one attached hydrogen (secondary N) is 1. The van der Waals surface area contributed by atoms with Gasteiger partial charge in [-0.05, 0) is 45.2 Å². The van der Waals surface area contributed by atoms with Crippen LogP contribution in [0.4, 0.5) is 0 Å². The van der Waals surface area contributed by atoms with E-state index >= 15 is 0 Å². The van der Waals surface area contributed by atoms with Gasteiger partial charge in [0.1, 0.15) is 9.84 Å². The van der Waals surface area contributed by atoms with E-state index in [1.165, 1.54) is 5.57 Å². The maximum Gasteiger partial charge on any atom is 0.150 e. The molecule has 0 aromatic rings. The van der Waals surface area contributed by atoms with E-state index in [1.807, 2.05) is 7.05 Å². The summed E-state index contributed by atoms with van der Waals surface area (Å²) in [6, 6.07) is 0. The Bertz CT molecular complexity index is 295. The molecule has 0 spiro atoms. The third-order valence-corrected chi connectivity index (χ3v) is 4.70. The van der Waals surface area contributed by atoms with E-state index < -0.39 is 9.84 Å². The minimum atomic E-state index is -2.71. The average molecular weight is 231 g/mol. The van der Waals surface area contributed by atoms with Crippen molar-refractivity contribution in [3.05, 3.63) is 12.2 Å². The SMILES string of the molecule is C=C(CCNC)CC1CCS(=O)(=O)CC1. The van der Waals surface area contributed by atoms with Gasteiger partial charge in [0.05, 0.1) is 11.5 Å². The standard InChI is InChI=1S/C11H21NO2S/c1-10(3-6-12-2)9-11-4-7-15(13,14)8-5-11/h11-12H,1,3-9H2,2H3. The predicted molar refractivity (Wildman–Crippen MR) is 63.7 cm³/mol. The molecule has 1 aliphatic rings. The molecule has 1 N–H and O–H groups in total. The number of hydrogen-bond acceptors (Lipinski definition) is 3. The molecule has 15 heavy (non-hydrogen) atoms. The molecule has 0 atom stereocenters. The molecule has 1 aliphatic heterocycles. The van der Waals surface area contributed by atoms with Crippen LogP contribution >= 0.6 is 0 Å². The van der Waals surface area contributed by atoms with E-state index in [-0.39, 0.29) is 0 Å². The molecule has 0 unspecified atom stereocenters. The molecule has 1 rings (SSSR count). The summed E-state index contributed by atoms with van der Waals surface area (Å²) >= 11 is 0. The molecular formula is C11H21NO2S. The largest absolute Gasteiger partial charge is 0.319 e. The fourth-order valence-corrected chi connectivity index (χ4v) is 3.54. The molecule has 1 heterocycles. The third-order valence-electron chi connectivity index (χ3n) is 2.98. The minimum absolute atomic E-state index is 0.372. The molecule has 4 heteroatoms. The van der Waals surface area contributed by atoms with E-state index in [2.05, 4.69) is 11.9 Å². The van der Waals surface area contributed by atoms with Crippen molar-refractivity contribution in [2.75, 3.05) is 25.1 Å². The number of sulfone groups is 1. The van der Waals surface area contributed by atoms with Gasteiger partial charge in [-0.15, -0.1) is 0 Å². The van der Waals surface area contributed by atoms with E-state index in [0.717, 1.165) is 32.2 Å². The van der Waals surface area contributed by atoms with E-state index in [4.69, 9.17) is 0 Å². The van der Waals surface area contributed by atoms with E-state index in [1.54, 1.807) is 0 Å². The second-order valence-electron chi connectivity index (χ2n) is 4.40. The summed E-state index contributed by atoms with van der Waals surface area (Å²) < 4.78 is 22.4. The Morgan fingerprint density at radius 2 is 2.00 bits per heavy atom. The highest BCUT2D eigenvalue weighted by Gasteiger charge is 2.23. The van der Waals surface area contributed by atoms with Crippen LogP contribution in [0, 0.1) is 5.92 Å². The second kappa shape index (κ2) is 5.66. The van der Waals surface area contributed by atoms with Gasteiger partial charge in [-0.1, -0.05) is 12.2 Å². The van der Waals surface area contributed by atoms with Gasteiger partial charge in [-0.25, -0.2) is 8.42 Å². The molecule has 0 bridgehead atoms. The normalized spacial score (nSPS) is 21.4. The molecule has 0 aromatic heterocycles. The van der Waals surface area contributed by atoms with E-state index in [9.17, 15) is 8.42 Å². The van der Waals surface area contributed by atoms with Crippen LogP contribution in [0.15, 0.2) is 12.2 Å². The van der Waals surface area contributed by atoms with Gasteiger partial charge in [0.15, 0.2) is 0 Å². The summed E-state index contributed by atoms with van der Waals surface area (Å²) in [5.74, 6) is 1.28. The molecule has 88 valence electrons. The van der Waals surface area contributed by atoms with Crippen molar-refractivity contribution >= 4 is 9.84 Å². The zero-order valence-corrected chi connectivity index (χ0v) is 10.3. The fourth-order valence-electron chi connectivity index (χ4n) is 1.96. The van der Waals surface area contributed by atoms with Crippen LogP contribution in [0.2, 0.25) is 0 Å². The van der Waals surface area contributed by atoms with Gasteiger partial charge >= 0.3 is 0 Å². The van der Waals surface area contributed by atoms with Gasteiger partial charge in [0.2, 0.25) is 0 Å². The Kier molecular flexibility index (Phi) is 4.80. The lowest BCUT2D eigenvalue weighted by atomic mass is 9.93. The summed E-state index contributed by atoms with van der Waals surface area (Å²) in [5, 5.41) is 3.09. The highest BCUT2D eigenvalue weighted by atomic mass is 32.2. The maximum absolute atomic E-state index is 11.2. The first-order valence-corrected chi connectivity index (χ1v) is 7.37. The van der Waals surface area contributed by atoms with Gasteiger partial charge in [0, 0.05) is 0 Å². The third kappa shape index (κ3) is 4.80. The molecule has 0 aliphatic carbocycles. The van der Waals surface area contributed by atoms with Gasteiger partial charge in [-0.3, -0.25) is 0 Å². The van der Waals surface area contributed by atoms with Crippen molar-refractivity contribution in [2.24, 2.45) is 5.92 Å². The lowest BCUT2D eigenvalue weighted by Crippen LogP contribution is -2.23. The Hall–Kier alpha value is -0.350. The summed E-state index contributed by atoms with van der Waals surface area (Å²) in [6.07, 6.45) is 3.64. The van der Waals surface area contributed by atoms with Crippen LogP contribution in [-0.2, 0) is 9.84 Å². The molecule has 0 radical (unpaired) electrons. The van der Waals surface area contributed by atoms with Gasteiger partial charge < -0.3 is 5.32 Å². The van der Waals surface area contributed by atoms with E-state index in [0.29, 0.717) is 17.4 Å². The topological polar surface area (TPSA) is 46.2 Å². The van der Waals surface area contributed by atoms with Crippen LogP contribution < -0.4 is 5.32 Å². The van der Waals surface area contributed by atoms with Crippen molar-refractivity contribution in [1.29, 1.82) is 0 Å². The molecule has 0 saturated carbocycles. The first-order chi connectivity index (χ1) is 7.03. The molecule has 0 aromatic carbocycles. The van der Waals surface area contributed by atoms with Crippen molar-refractivity contribution in [3.63, 3.8) is 0 Å². The second-order valence-corrected chi connectivity index (χ2v) is 6.71.